The molecule has 3 nitrogen and oxygen atoms in total. The zero-order valence-electron chi connectivity index (χ0n) is 24.3. The minimum absolute atomic E-state index is 0.733. The summed E-state index contributed by atoms with van der Waals surface area (Å²) >= 11 is 0. The average Bonchev–Trinajstić information content (AvgIpc) is 3.50. The zero-order chi connectivity index (χ0) is 29.7. The highest BCUT2D eigenvalue weighted by Gasteiger charge is 2.15. The Bertz CT molecular complexity index is 2520. The molecule has 0 unspecified atom stereocenters. The van der Waals surface area contributed by atoms with Crippen molar-refractivity contribution in [1.29, 1.82) is 0 Å². The lowest BCUT2D eigenvalue weighted by atomic mass is 9.96. The van der Waals surface area contributed by atoms with Crippen LogP contribution in [0.25, 0.3) is 88.5 Å². The predicted octanol–water partition coefficient (Wildman–Crippen LogP) is 11.4. The van der Waals surface area contributed by atoms with Crippen molar-refractivity contribution in [2.75, 3.05) is 0 Å². The van der Waals surface area contributed by atoms with E-state index in [0.717, 1.165) is 77.6 Å². The fraction of sp³-hybridized carbons (Fsp3) is 0. The maximum atomic E-state index is 6.14. The molecule has 9 aromatic rings. The summed E-state index contributed by atoms with van der Waals surface area (Å²) in [5.41, 5.74) is 10.4. The Hall–Kier alpha value is -6.06. The van der Waals surface area contributed by atoms with Crippen molar-refractivity contribution in [3.63, 3.8) is 0 Å². The smallest absolute Gasteiger partial charge is 0.161 e. The van der Waals surface area contributed by atoms with Gasteiger partial charge in [-0.3, -0.25) is 0 Å². The molecule has 0 spiro atoms. The second-order valence-electron chi connectivity index (χ2n) is 11.4. The van der Waals surface area contributed by atoms with Gasteiger partial charge in [-0.25, -0.2) is 9.97 Å². The zero-order valence-corrected chi connectivity index (χ0v) is 24.3. The minimum atomic E-state index is 0.733. The first-order valence-electron chi connectivity index (χ1n) is 15.2. The third kappa shape index (κ3) is 4.29. The van der Waals surface area contributed by atoms with Gasteiger partial charge in [0.1, 0.15) is 11.2 Å². The van der Waals surface area contributed by atoms with Gasteiger partial charge in [0.15, 0.2) is 5.82 Å². The highest BCUT2D eigenvalue weighted by atomic mass is 16.3. The van der Waals surface area contributed by atoms with Gasteiger partial charge in [-0.1, -0.05) is 133 Å². The Morgan fingerprint density at radius 2 is 1.07 bits per heavy atom. The summed E-state index contributed by atoms with van der Waals surface area (Å²) in [6, 6.07) is 55.0. The van der Waals surface area contributed by atoms with Gasteiger partial charge < -0.3 is 4.42 Å². The van der Waals surface area contributed by atoms with Crippen LogP contribution in [0.3, 0.4) is 0 Å². The van der Waals surface area contributed by atoms with Crippen LogP contribution in [-0.2, 0) is 0 Å². The van der Waals surface area contributed by atoms with E-state index in [9.17, 15) is 0 Å². The normalized spacial score (nSPS) is 11.6. The lowest BCUT2D eigenvalue weighted by Gasteiger charge is -2.13. The summed E-state index contributed by atoms with van der Waals surface area (Å²) in [6.07, 6.45) is 0. The number of nitrogens with zero attached hydrogens (tertiary/aromatic N) is 2. The maximum Gasteiger partial charge on any atom is 0.161 e. The fourth-order valence-corrected chi connectivity index (χ4v) is 6.52. The van der Waals surface area contributed by atoms with Gasteiger partial charge in [0.25, 0.3) is 0 Å². The van der Waals surface area contributed by atoms with Gasteiger partial charge in [0.2, 0.25) is 0 Å². The van der Waals surface area contributed by atoms with E-state index < -0.39 is 0 Å². The van der Waals surface area contributed by atoms with Crippen LogP contribution in [0.15, 0.2) is 162 Å². The van der Waals surface area contributed by atoms with Gasteiger partial charge >= 0.3 is 0 Å². The fourth-order valence-electron chi connectivity index (χ4n) is 6.52. The van der Waals surface area contributed by atoms with Crippen molar-refractivity contribution in [1.82, 2.24) is 9.97 Å². The first-order chi connectivity index (χ1) is 22.3. The molecule has 0 saturated heterocycles. The number of para-hydroxylation sites is 1. The van der Waals surface area contributed by atoms with E-state index in [1.54, 1.807) is 0 Å². The molecule has 0 atom stereocenters. The minimum Gasteiger partial charge on any atom is -0.456 e. The number of hydrogen-bond acceptors (Lipinski definition) is 3. The van der Waals surface area contributed by atoms with E-state index in [1.165, 1.54) is 10.9 Å². The number of rotatable bonds is 4. The molecule has 2 aromatic heterocycles. The van der Waals surface area contributed by atoms with Crippen molar-refractivity contribution in [3.8, 4) is 44.9 Å². The number of fused-ring (bicyclic) bond motifs is 5. The van der Waals surface area contributed by atoms with Crippen LogP contribution in [0, 0.1) is 0 Å². The molecule has 0 aliphatic rings. The Kier molecular flexibility index (Phi) is 5.82. The van der Waals surface area contributed by atoms with Crippen LogP contribution in [0.5, 0.6) is 0 Å². The van der Waals surface area contributed by atoms with E-state index in [1.807, 2.05) is 24.3 Å². The molecule has 0 amide bonds. The molecule has 9 rings (SSSR count). The van der Waals surface area contributed by atoms with Crippen LogP contribution in [0.2, 0.25) is 0 Å². The van der Waals surface area contributed by atoms with Gasteiger partial charge in [0, 0.05) is 27.3 Å². The van der Waals surface area contributed by atoms with Crippen molar-refractivity contribution >= 4 is 43.6 Å². The van der Waals surface area contributed by atoms with Crippen molar-refractivity contribution in [2.24, 2.45) is 0 Å². The Labute approximate surface area is 260 Å². The monoisotopic (exact) mass is 574 g/mol. The predicted molar refractivity (Wildman–Crippen MR) is 186 cm³/mol. The van der Waals surface area contributed by atoms with Crippen LogP contribution in [-0.4, -0.2) is 9.97 Å². The molecule has 0 aliphatic carbocycles. The standard InChI is InChI=1S/C42H26N2O/c1-2-11-30(12-3-1)41-36-26-31(24-25-37(36)43-42(44-41)34-17-8-13-28-10-4-5-14-32(28)34)27-20-22-29(23-21-27)33-16-9-19-39-40(33)35-15-6-7-18-38(35)45-39/h1-26H. The molecule has 3 heteroatoms. The Morgan fingerprint density at radius 3 is 1.96 bits per heavy atom. The molecule has 7 aromatic carbocycles. The molecule has 45 heavy (non-hydrogen) atoms. The van der Waals surface area contributed by atoms with Crippen LogP contribution < -0.4 is 0 Å². The largest absolute Gasteiger partial charge is 0.456 e. The highest BCUT2D eigenvalue weighted by molar-refractivity contribution is 6.12. The first kappa shape index (κ1) is 25.4. The van der Waals surface area contributed by atoms with Crippen molar-refractivity contribution in [3.05, 3.63) is 158 Å². The lowest BCUT2D eigenvalue weighted by molar-refractivity contribution is 0.669. The van der Waals surface area contributed by atoms with Crippen molar-refractivity contribution in [2.45, 2.75) is 0 Å². The summed E-state index contributed by atoms with van der Waals surface area (Å²) in [6.45, 7) is 0. The summed E-state index contributed by atoms with van der Waals surface area (Å²) < 4.78 is 6.14. The average molecular weight is 575 g/mol. The number of furan rings is 1. The Morgan fingerprint density at radius 1 is 0.400 bits per heavy atom. The lowest BCUT2D eigenvalue weighted by Crippen LogP contribution is -1.96. The first-order valence-corrected chi connectivity index (χ1v) is 15.2. The highest BCUT2D eigenvalue weighted by Crippen LogP contribution is 2.38. The summed E-state index contributed by atoms with van der Waals surface area (Å²) in [4.78, 5) is 10.3. The van der Waals surface area contributed by atoms with E-state index in [4.69, 9.17) is 14.4 Å². The van der Waals surface area contributed by atoms with Gasteiger partial charge in [0.05, 0.1) is 11.2 Å². The number of benzene rings is 7. The van der Waals surface area contributed by atoms with Gasteiger partial charge in [-0.05, 0) is 57.3 Å². The van der Waals surface area contributed by atoms with Crippen LogP contribution >= 0.6 is 0 Å². The van der Waals surface area contributed by atoms with E-state index >= 15 is 0 Å². The molecule has 2 heterocycles. The van der Waals surface area contributed by atoms with Crippen LogP contribution in [0.4, 0.5) is 0 Å². The second-order valence-corrected chi connectivity index (χ2v) is 11.4. The topological polar surface area (TPSA) is 38.9 Å². The van der Waals surface area contributed by atoms with Crippen molar-refractivity contribution < 1.29 is 4.42 Å². The van der Waals surface area contributed by atoms with E-state index in [-0.39, 0.29) is 0 Å². The summed E-state index contributed by atoms with van der Waals surface area (Å²) in [5, 5.41) is 5.64. The van der Waals surface area contributed by atoms with E-state index in [2.05, 4.69) is 133 Å². The molecule has 0 saturated carbocycles. The number of hydrogen-bond donors (Lipinski definition) is 0. The molecule has 0 aliphatic heterocycles. The molecule has 0 N–H and O–H groups in total. The Balaban J connectivity index is 1.17. The number of aromatic nitrogens is 2. The summed E-state index contributed by atoms with van der Waals surface area (Å²) in [7, 11) is 0. The molecule has 0 radical (unpaired) electrons. The second kappa shape index (κ2) is 10.3. The molecule has 210 valence electrons. The van der Waals surface area contributed by atoms with Gasteiger partial charge in [-0.15, -0.1) is 0 Å². The van der Waals surface area contributed by atoms with Crippen LogP contribution in [0.1, 0.15) is 0 Å². The molecular formula is C42H26N2O. The molecule has 0 bridgehead atoms. The summed E-state index contributed by atoms with van der Waals surface area (Å²) in [5.74, 6) is 0.733. The molecular weight excluding hydrogens is 548 g/mol. The third-order valence-corrected chi connectivity index (χ3v) is 8.71. The SMILES string of the molecule is c1ccc(-c2nc(-c3cccc4ccccc34)nc3ccc(-c4ccc(-c5cccc6oc7ccccc7c56)cc4)cc23)cc1. The van der Waals surface area contributed by atoms with Gasteiger partial charge in [-0.2, -0.15) is 0 Å². The maximum absolute atomic E-state index is 6.14. The third-order valence-electron chi connectivity index (χ3n) is 8.71. The molecule has 0 fully saturated rings. The van der Waals surface area contributed by atoms with E-state index in [0.29, 0.717) is 0 Å². The quantitative estimate of drug-likeness (QED) is 0.210.